The van der Waals surface area contributed by atoms with Crippen LogP contribution in [0.25, 0.3) is 0 Å². The Morgan fingerprint density at radius 3 is 1.98 bits per heavy atom. The molecular weight excluding hydrogens is 512 g/mol. The molecule has 2 heterocycles. The fourth-order valence-electron chi connectivity index (χ4n) is 5.77. The SMILES string of the molecule is CCC(O)CC1CC(CCCC2CC(CCCC(C)O)OC(C3=CC=C(O)CC3)O2)OC(c2ccc(O)cc2)O1. The first kappa shape index (κ1) is 31.0. The lowest BCUT2D eigenvalue weighted by Crippen LogP contribution is -2.40. The van der Waals surface area contributed by atoms with Gasteiger partial charge in [0, 0.05) is 24.8 Å². The van der Waals surface area contributed by atoms with E-state index in [0.717, 1.165) is 68.9 Å². The first-order valence-corrected chi connectivity index (χ1v) is 15.1. The topological polar surface area (TPSA) is 118 Å². The first-order valence-electron chi connectivity index (χ1n) is 15.1. The van der Waals surface area contributed by atoms with Gasteiger partial charge in [-0.15, -0.1) is 0 Å². The quantitative estimate of drug-likeness (QED) is 0.228. The minimum absolute atomic E-state index is 0.00625. The van der Waals surface area contributed by atoms with Crippen LogP contribution in [0.3, 0.4) is 0 Å². The van der Waals surface area contributed by atoms with E-state index in [1.807, 2.05) is 32.1 Å². The molecule has 224 valence electrons. The summed E-state index contributed by atoms with van der Waals surface area (Å²) in [6.45, 7) is 3.79. The summed E-state index contributed by atoms with van der Waals surface area (Å²) < 4.78 is 25.3. The lowest BCUT2D eigenvalue weighted by Gasteiger charge is -2.38. The number of hydrogen-bond acceptors (Lipinski definition) is 8. The van der Waals surface area contributed by atoms with Crippen LogP contribution in [0, 0.1) is 0 Å². The summed E-state index contributed by atoms with van der Waals surface area (Å²) in [6.07, 6.45) is 11.4. The molecule has 0 saturated carbocycles. The van der Waals surface area contributed by atoms with Crippen molar-refractivity contribution in [3.05, 3.63) is 53.3 Å². The van der Waals surface area contributed by atoms with Crippen LogP contribution in [-0.2, 0) is 18.9 Å². The molecule has 0 radical (unpaired) electrons. The standard InChI is InChI=1S/C32H48O8/c1-3-24(34)18-30-20-29(39-32(40-30)23-12-16-26(36)17-13-23)9-5-8-28-19-27(7-4-6-21(2)33)37-31(38-28)22-10-14-25(35)15-11-22/h10,12-14,16-17,21,24,27-36H,3-9,11,15,18-20H2,1-2H3. The maximum Gasteiger partial charge on any atom is 0.184 e. The van der Waals surface area contributed by atoms with E-state index in [2.05, 4.69) is 0 Å². The van der Waals surface area contributed by atoms with Crippen LogP contribution in [0.2, 0.25) is 0 Å². The molecule has 2 fully saturated rings. The fraction of sp³-hybridized carbons (Fsp3) is 0.688. The Balaban J connectivity index is 1.35. The van der Waals surface area contributed by atoms with Gasteiger partial charge < -0.3 is 39.4 Å². The highest BCUT2D eigenvalue weighted by Crippen LogP contribution is 2.36. The number of phenolic OH excluding ortho intramolecular Hbond substituents is 1. The van der Waals surface area contributed by atoms with Gasteiger partial charge in [-0.2, -0.15) is 0 Å². The molecule has 0 bridgehead atoms. The van der Waals surface area contributed by atoms with Gasteiger partial charge >= 0.3 is 0 Å². The largest absolute Gasteiger partial charge is 0.512 e. The number of ether oxygens (including phenoxy) is 4. The Kier molecular flexibility index (Phi) is 11.9. The van der Waals surface area contributed by atoms with Crippen molar-refractivity contribution in [1.82, 2.24) is 0 Å². The summed E-state index contributed by atoms with van der Waals surface area (Å²) in [6, 6.07) is 6.91. The molecule has 40 heavy (non-hydrogen) atoms. The monoisotopic (exact) mass is 560 g/mol. The van der Waals surface area contributed by atoms with Crippen LogP contribution in [0.1, 0.15) is 103 Å². The summed E-state index contributed by atoms with van der Waals surface area (Å²) >= 11 is 0. The Labute approximate surface area is 238 Å². The van der Waals surface area contributed by atoms with E-state index in [0.29, 0.717) is 25.0 Å². The van der Waals surface area contributed by atoms with Crippen LogP contribution < -0.4 is 0 Å². The lowest BCUT2D eigenvalue weighted by molar-refractivity contribution is -0.254. The summed E-state index contributed by atoms with van der Waals surface area (Å²) in [7, 11) is 0. The molecule has 1 aliphatic carbocycles. The van der Waals surface area contributed by atoms with Gasteiger partial charge in [0.1, 0.15) is 5.75 Å². The number of allylic oxidation sites excluding steroid dienone is 3. The highest BCUT2D eigenvalue weighted by molar-refractivity contribution is 5.27. The van der Waals surface area contributed by atoms with Gasteiger partial charge in [-0.05, 0) is 88.5 Å². The minimum atomic E-state index is -0.530. The maximum absolute atomic E-state index is 10.3. The Morgan fingerprint density at radius 1 is 0.775 bits per heavy atom. The molecule has 1 aromatic rings. The number of benzene rings is 1. The molecule has 1 aromatic carbocycles. The highest BCUT2D eigenvalue weighted by Gasteiger charge is 2.34. The average molecular weight is 561 g/mol. The number of rotatable bonds is 13. The summed E-state index contributed by atoms with van der Waals surface area (Å²) in [4.78, 5) is 0. The van der Waals surface area contributed by atoms with Crippen molar-refractivity contribution in [3.8, 4) is 5.75 Å². The Morgan fingerprint density at radius 2 is 1.38 bits per heavy atom. The number of aromatic hydroxyl groups is 1. The molecule has 4 rings (SSSR count). The molecule has 2 aliphatic heterocycles. The van der Waals surface area contributed by atoms with E-state index in [1.54, 1.807) is 18.2 Å². The molecule has 8 unspecified atom stereocenters. The van der Waals surface area contributed by atoms with Crippen LogP contribution >= 0.6 is 0 Å². The van der Waals surface area contributed by atoms with Crippen LogP contribution in [0.15, 0.2) is 47.7 Å². The molecule has 3 aliphatic rings. The number of hydrogen-bond donors (Lipinski definition) is 4. The van der Waals surface area contributed by atoms with E-state index >= 15 is 0 Å². The Bertz CT molecular complexity index is 958. The van der Waals surface area contributed by atoms with Crippen molar-refractivity contribution >= 4 is 0 Å². The molecule has 8 heteroatoms. The third kappa shape index (κ3) is 9.57. The van der Waals surface area contributed by atoms with Crippen LogP contribution in [0.4, 0.5) is 0 Å². The third-order valence-corrected chi connectivity index (χ3v) is 8.15. The van der Waals surface area contributed by atoms with Gasteiger partial charge in [0.05, 0.1) is 42.4 Å². The van der Waals surface area contributed by atoms with Crippen molar-refractivity contribution in [2.24, 2.45) is 0 Å². The summed E-state index contributed by atoms with van der Waals surface area (Å²) in [5, 5.41) is 39.4. The van der Waals surface area contributed by atoms with Crippen molar-refractivity contribution in [2.75, 3.05) is 0 Å². The van der Waals surface area contributed by atoms with Gasteiger partial charge in [0.2, 0.25) is 0 Å². The van der Waals surface area contributed by atoms with Crippen molar-refractivity contribution in [1.29, 1.82) is 0 Å². The Hall–Kier alpha value is -1.94. The van der Waals surface area contributed by atoms with E-state index < -0.39 is 18.7 Å². The molecule has 2 saturated heterocycles. The molecule has 8 nitrogen and oxygen atoms in total. The minimum Gasteiger partial charge on any atom is -0.512 e. The molecular formula is C32H48O8. The zero-order valence-electron chi connectivity index (χ0n) is 24.0. The smallest absolute Gasteiger partial charge is 0.184 e. The van der Waals surface area contributed by atoms with Gasteiger partial charge in [0.25, 0.3) is 0 Å². The lowest BCUT2D eigenvalue weighted by atomic mass is 9.95. The molecule has 0 aromatic heterocycles. The second-order valence-electron chi connectivity index (χ2n) is 11.7. The fourth-order valence-corrected chi connectivity index (χ4v) is 5.77. The van der Waals surface area contributed by atoms with E-state index in [1.165, 1.54) is 0 Å². The zero-order valence-corrected chi connectivity index (χ0v) is 24.0. The van der Waals surface area contributed by atoms with E-state index in [-0.39, 0.29) is 36.3 Å². The van der Waals surface area contributed by atoms with Gasteiger partial charge in [-0.25, -0.2) is 0 Å². The van der Waals surface area contributed by atoms with Crippen molar-refractivity contribution in [2.45, 2.75) is 140 Å². The molecule has 4 N–H and O–H groups in total. The van der Waals surface area contributed by atoms with E-state index in [9.17, 15) is 20.4 Å². The van der Waals surface area contributed by atoms with Crippen molar-refractivity contribution < 1.29 is 39.4 Å². The predicted octanol–water partition coefficient (Wildman–Crippen LogP) is 6.11. The van der Waals surface area contributed by atoms with Crippen LogP contribution in [0.5, 0.6) is 5.75 Å². The average Bonchev–Trinajstić information content (AvgIpc) is 2.93. The summed E-state index contributed by atoms with van der Waals surface area (Å²) in [5.74, 6) is 0.584. The third-order valence-electron chi connectivity index (χ3n) is 8.15. The normalized spacial score (nSPS) is 30.8. The zero-order chi connectivity index (χ0) is 28.5. The second kappa shape index (κ2) is 15.3. The number of phenols is 1. The number of aliphatic hydroxyl groups excluding tert-OH is 3. The maximum atomic E-state index is 10.3. The molecule has 0 spiro atoms. The summed E-state index contributed by atoms with van der Waals surface area (Å²) in [5.41, 5.74) is 1.92. The van der Waals surface area contributed by atoms with Gasteiger partial charge in [0.15, 0.2) is 12.6 Å². The van der Waals surface area contributed by atoms with Crippen molar-refractivity contribution in [3.63, 3.8) is 0 Å². The first-order chi connectivity index (χ1) is 19.3. The van der Waals surface area contributed by atoms with Gasteiger partial charge in [-0.1, -0.05) is 25.1 Å². The van der Waals surface area contributed by atoms with Crippen LogP contribution in [-0.4, -0.2) is 63.3 Å². The van der Waals surface area contributed by atoms with E-state index in [4.69, 9.17) is 18.9 Å². The number of aliphatic hydroxyl groups is 3. The highest BCUT2D eigenvalue weighted by atomic mass is 16.7. The predicted molar refractivity (Wildman–Crippen MR) is 152 cm³/mol. The molecule has 0 amide bonds. The van der Waals surface area contributed by atoms with Gasteiger partial charge in [-0.3, -0.25) is 0 Å². The second-order valence-corrected chi connectivity index (χ2v) is 11.7. The molecule has 8 atom stereocenters.